The van der Waals surface area contributed by atoms with E-state index in [1.807, 2.05) is 26.1 Å². The van der Waals surface area contributed by atoms with Crippen molar-refractivity contribution in [3.63, 3.8) is 0 Å². The zero-order valence-electron chi connectivity index (χ0n) is 34.2. The number of aliphatic hydroxyl groups is 4. The first-order valence-corrected chi connectivity index (χ1v) is 20.4. The fourth-order valence-electron chi connectivity index (χ4n) is 9.86. The highest BCUT2D eigenvalue weighted by atomic mass is 16.6. The number of allylic oxidation sites excluding steroid dienone is 7. The molecule has 0 unspecified atom stereocenters. The van der Waals surface area contributed by atoms with Crippen molar-refractivity contribution in [3.05, 3.63) is 94.1 Å². The smallest absolute Gasteiger partial charge is 0.145 e. The molecule has 3 aliphatic rings. The van der Waals surface area contributed by atoms with Crippen LogP contribution in [-0.4, -0.2) is 97.8 Å². The molecule has 2 saturated carbocycles. The largest absolute Gasteiger partial charge is 0.396 e. The minimum Gasteiger partial charge on any atom is -0.396 e. The van der Waals surface area contributed by atoms with Gasteiger partial charge in [0.15, 0.2) is 0 Å². The Bertz CT molecular complexity index is 1550. The summed E-state index contributed by atoms with van der Waals surface area (Å²) in [5.74, 6) is -0.425. The van der Waals surface area contributed by atoms with Gasteiger partial charge in [0.25, 0.3) is 0 Å². The summed E-state index contributed by atoms with van der Waals surface area (Å²) in [5.41, 5.74) is 5.15. The molecule has 0 aromatic heterocycles. The number of nitrogens with one attached hydrogen (secondary N) is 2. The molecular formula is C46H70N2O7. The predicted molar refractivity (Wildman–Crippen MR) is 220 cm³/mol. The molecule has 306 valence electrons. The van der Waals surface area contributed by atoms with E-state index in [4.69, 9.17) is 9.47 Å². The van der Waals surface area contributed by atoms with Crippen molar-refractivity contribution in [1.82, 2.24) is 10.6 Å². The van der Waals surface area contributed by atoms with E-state index in [9.17, 15) is 25.2 Å². The highest BCUT2D eigenvalue weighted by Crippen LogP contribution is 2.64. The first-order valence-electron chi connectivity index (χ1n) is 20.4. The van der Waals surface area contributed by atoms with Crippen LogP contribution in [0.4, 0.5) is 0 Å². The van der Waals surface area contributed by atoms with Crippen molar-refractivity contribution in [3.8, 4) is 0 Å². The van der Waals surface area contributed by atoms with Gasteiger partial charge in [0.2, 0.25) is 0 Å². The Hall–Kier alpha value is -2.73. The van der Waals surface area contributed by atoms with Crippen LogP contribution in [0.25, 0.3) is 0 Å². The predicted octanol–water partition coefficient (Wildman–Crippen LogP) is 5.92. The van der Waals surface area contributed by atoms with Crippen molar-refractivity contribution in [1.29, 1.82) is 0 Å². The van der Waals surface area contributed by atoms with Crippen LogP contribution in [0.1, 0.15) is 89.7 Å². The molecule has 4 rings (SSSR count). The topological polar surface area (TPSA) is 141 Å². The number of carbonyl (C=O) groups is 1. The standard InChI is InChI=1S/C46H70N2O7/c1-33-15-16-38(27-36-11-8-12-37(26-36)28-44(4,48-29-33)22-25-54-6)34(2)10-7-13-39(31-55-32-51)41-18-20-46(43(41)52)42(14-9-24-49)40(35(3)30-50)17-19-45(46,53)21-23-47-5/h7-8,10-13,15,26,30,38,41-43,47-49,51-53H,2,9,14,16-25,27-29,31-32H2,1,3-6H3/t38-,41+,42-,43+,44+,45-,46+/m0/s1. The molecule has 0 saturated heterocycles. The third kappa shape index (κ3) is 11.0. The van der Waals surface area contributed by atoms with E-state index >= 15 is 0 Å². The molecule has 2 fully saturated rings. The number of ether oxygens (including phenoxy) is 2. The Labute approximate surface area is 330 Å². The average Bonchev–Trinajstić information content (AvgIpc) is 3.52. The summed E-state index contributed by atoms with van der Waals surface area (Å²) in [6.07, 6.45) is 15.6. The van der Waals surface area contributed by atoms with Crippen molar-refractivity contribution < 1.29 is 34.7 Å². The number of rotatable bonds is 17. The summed E-state index contributed by atoms with van der Waals surface area (Å²) >= 11 is 0. The molecule has 1 spiro atoms. The molecule has 55 heavy (non-hydrogen) atoms. The Morgan fingerprint density at radius 2 is 1.96 bits per heavy atom. The summed E-state index contributed by atoms with van der Waals surface area (Å²) < 4.78 is 11.0. The summed E-state index contributed by atoms with van der Waals surface area (Å²) in [6.45, 7) is 12.6. The molecule has 0 radical (unpaired) electrons. The van der Waals surface area contributed by atoms with Crippen molar-refractivity contribution in [2.45, 2.75) is 109 Å². The average molecular weight is 763 g/mol. The Balaban J connectivity index is 1.65. The number of fused-ring (bicyclic) bond motifs is 2. The Kier molecular flexibility index (Phi) is 17.3. The maximum Gasteiger partial charge on any atom is 0.145 e. The maximum atomic E-state index is 12.6. The fourth-order valence-corrected chi connectivity index (χ4v) is 9.86. The van der Waals surface area contributed by atoms with Gasteiger partial charge < -0.3 is 40.5 Å². The van der Waals surface area contributed by atoms with Gasteiger partial charge in [-0.15, -0.1) is 0 Å². The van der Waals surface area contributed by atoms with Crippen molar-refractivity contribution in [2.75, 3.05) is 53.9 Å². The SMILES string of the molecule is C=C(C=CC=C(COCO)[C@H]1CC[C@]2([C@@H]1O)[C@@H](CCCO)C(=C(C)C=O)CC[C@]2(O)CCNC)[C@H]1CC=C(C)CN[C@](C)(CCOC)Cc2cccc(c2)C1. The third-order valence-electron chi connectivity index (χ3n) is 13.1. The number of hydrogen-bond donors (Lipinski definition) is 6. The van der Waals surface area contributed by atoms with Crippen molar-refractivity contribution >= 4 is 6.29 Å². The first-order chi connectivity index (χ1) is 26.4. The summed E-state index contributed by atoms with van der Waals surface area (Å²) in [4.78, 5) is 12.1. The van der Waals surface area contributed by atoms with Crippen LogP contribution in [-0.2, 0) is 27.1 Å². The van der Waals surface area contributed by atoms with Crippen LogP contribution in [0, 0.1) is 23.2 Å². The maximum absolute atomic E-state index is 12.6. The number of benzene rings is 1. The van der Waals surface area contributed by atoms with E-state index in [0.29, 0.717) is 63.7 Å². The summed E-state index contributed by atoms with van der Waals surface area (Å²) in [6, 6.07) is 8.89. The van der Waals surface area contributed by atoms with Crippen LogP contribution in [0.2, 0.25) is 0 Å². The van der Waals surface area contributed by atoms with Gasteiger partial charge in [-0.05, 0) is 139 Å². The monoisotopic (exact) mass is 763 g/mol. The quantitative estimate of drug-likeness (QED) is 0.0375. The molecule has 9 heteroatoms. The second-order valence-electron chi connectivity index (χ2n) is 16.8. The van der Waals surface area contributed by atoms with E-state index in [2.05, 4.69) is 67.5 Å². The Morgan fingerprint density at radius 1 is 1.18 bits per heavy atom. The van der Waals surface area contributed by atoms with Crippen LogP contribution < -0.4 is 10.6 Å². The minimum absolute atomic E-state index is 0.00830. The van der Waals surface area contributed by atoms with Crippen LogP contribution in [0.5, 0.6) is 0 Å². The molecule has 1 aliphatic heterocycles. The number of aldehydes is 1. The van der Waals surface area contributed by atoms with Crippen LogP contribution >= 0.6 is 0 Å². The summed E-state index contributed by atoms with van der Waals surface area (Å²) in [7, 11) is 3.62. The van der Waals surface area contributed by atoms with Gasteiger partial charge >= 0.3 is 0 Å². The molecule has 2 bridgehead atoms. The molecule has 6 N–H and O–H groups in total. The first kappa shape index (κ1) is 45.0. The highest BCUT2D eigenvalue weighted by molar-refractivity contribution is 5.74. The minimum atomic E-state index is -1.18. The lowest BCUT2D eigenvalue weighted by atomic mass is 9.51. The van der Waals surface area contributed by atoms with E-state index in [0.717, 1.165) is 55.2 Å². The zero-order chi connectivity index (χ0) is 40.1. The van der Waals surface area contributed by atoms with Gasteiger partial charge in [-0.2, -0.15) is 0 Å². The molecule has 7 atom stereocenters. The number of aliphatic hydroxyl groups excluding tert-OH is 3. The summed E-state index contributed by atoms with van der Waals surface area (Å²) in [5, 5.41) is 51.7. The van der Waals surface area contributed by atoms with E-state index in [-0.39, 0.29) is 36.5 Å². The molecule has 1 aromatic carbocycles. The fraction of sp³-hybridized carbons (Fsp3) is 0.630. The second-order valence-corrected chi connectivity index (χ2v) is 16.8. The highest BCUT2D eigenvalue weighted by Gasteiger charge is 2.65. The third-order valence-corrected chi connectivity index (χ3v) is 13.1. The van der Waals surface area contributed by atoms with E-state index in [1.165, 1.54) is 16.7 Å². The van der Waals surface area contributed by atoms with Gasteiger partial charge in [0, 0.05) is 43.7 Å². The molecular weight excluding hydrogens is 693 g/mol. The molecule has 1 aromatic rings. The lowest BCUT2D eigenvalue weighted by Crippen LogP contribution is -2.61. The second kappa shape index (κ2) is 21.1. The number of methoxy groups -OCH3 is 1. The normalized spacial score (nSPS) is 31.6. The van der Waals surface area contributed by atoms with Crippen molar-refractivity contribution in [2.24, 2.45) is 23.2 Å². The number of carbonyl (C=O) groups excluding carboxylic acids is 1. The molecule has 2 aliphatic carbocycles. The zero-order valence-corrected chi connectivity index (χ0v) is 34.2. The molecule has 1 heterocycles. The molecule has 9 nitrogen and oxygen atoms in total. The van der Waals surface area contributed by atoms with E-state index in [1.54, 1.807) is 7.11 Å². The van der Waals surface area contributed by atoms with E-state index < -0.39 is 23.9 Å². The number of hydrogen-bond acceptors (Lipinski definition) is 9. The molecule has 0 amide bonds. The van der Waals surface area contributed by atoms with Gasteiger partial charge in [-0.25, -0.2) is 0 Å². The van der Waals surface area contributed by atoms with Crippen LogP contribution in [0.3, 0.4) is 0 Å². The lowest BCUT2D eigenvalue weighted by molar-refractivity contribution is -0.180. The van der Waals surface area contributed by atoms with Gasteiger partial charge in [0.1, 0.15) is 13.1 Å². The lowest BCUT2D eigenvalue weighted by Gasteiger charge is -2.57. The Morgan fingerprint density at radius 3 is 2.67 bits per heavy atom. The van der Waals surface area contributed by atoms with Crippen LogP contribution in [0.15, 0.2) is 83.0 Å². The van der Waals surface area contributed by atoms with Gasteiger partial charge in [-0.1, -0.05) is 71.9 Å². The van der Waals surface area contributed by atoms with Gasteiger partial charge in [-0.3, -0.25) is 4.79 Å². The van der Waals surface area contributed by atoms with Gasteiger partial charge in [0.05, 0.1) is 18.3 Å².